The number of aromatic nitrogens is 1. The van der Waals surface area contributed by atoms with Crippen molar-refractivity contribution < 1.29 is 19.5 Å². The predicted molar refractivity (Wildman–Crippen MR) is 137 cm³/mol. The fraction of sp³-hybridized carbons (Fsp3) is 0.560. The smallest absolute Gasteiger partial charge is 0.309 e. The van der Waals surface area contributed by atoms with E-state index in [0.717, 1.165) is 6.21 Å². The number of carboxylic acid groups (broad SMARTS) is 1. The Hall–Kier alpha value is -2.45. The maximum absolute atomic E-state index is 13.5. The zero-order valence-corrected chi connectivity index (χ0v) is 22.4. The first-order chi connectivity index (χ1) is 16.2. The highest BCUT2D eigenvalue weighted by atomic mass is 35.5. The van der Waals surface area contributed by atoms with Gasteiger partial charge in [0.25, 0.3) is 5.91 Å². The molecule has 0 atom stereocenters. The van der Waals surface area contributed by atoms with Crippen LogP contribution in [0.2, 0.25) is 10.0 Å². The van der Waals surface area contributed by atoms with E-state index in [0.29, 0.717) is 31.4 Å². The van der Waals surface area contributed by atoms with Gasteiger partial charge in [0, 0.05) is 36.9 Å². The Labute approximate surface area is 216 Å². The molecule has 1 saturated carbocycles. The van der Waals surface area contributed by atoms with Crippen molar-refractivity contribution in [3.05, 3.63) is 39.3 Å². The van der Waals surface area contributed by atoms with Crippen molar-refractivity contribution in [1.82, 2.24) is 15.2 Å². The number of nitrogens with zero attached hydrogens (tertiary/aromatic N) is 2. The number of carbonyl (C=O) groups excluding carboxylic acids is 2. The molecule has 1 heterocycles. The molecule has 0 aromatic carbocycles. The maximum Gasteiger partial charge on any atom is 0.309 e. The molecule has 1 aromatic rings. The van der Waals surface area contributed by atoms with E-state index in [4.69, 9.17) is 28.6 Å². The molecule has 3 N–H and O–H groups in total. The molecule has 0 spiro atoms. The van der Waals surface area contributed by atoms with Crippen molar-refractivity contribution in [1.29, 1.82) is 5.41 Å². The molecule has 1 aliphatic carbocycles. The normalized spacial score (nSPS) is 21.1. The van der Waals surface area contributed by atoms with Gasteiger partial charge < -0.3 is 20.7 Å². The lowest BCUT2D eigenvalue weighted by Gasteiger charge is -2.35. The Bertz CT molecular complexity index is 1000. The Morgan fingerprint density at radius 1 is 1.23 bits per heavy atom. The van der Waals surface area contributed by atoms with Gasteiger partial charge in [0.15, 0.2) is 5.78 Å². The van der Waals surface area contributed by atoms with Gasteiger partial charge in [0.05, 0.1) is 33.1 Å². The van der Waals surface area contributed by atoms with Crippen LogP contribution < -0.4 is 5.32 Å². The van der Waals surface area contributed by atoms with Crippen molar-refractivity contribution in [2.45, 2.75) is 66.3 Å². The monoisotopic (exact) mass is 524 g/mol. The first-order valence-electron chi connectivity index (χ1n) is 11.5. The van der Waals surface area contributed by atoms with Crippen LogP contribution in [0.4, 0.5) is 0 Å². The third-order valence-corrected chi connectivity index (χ3v) is 6.80. The lowest BCUT2D eigenvalue weighted by Crippen LogP contribution is -2.44. The minimum Gasteiger partial charge on any atom is -0.481 e. The van der Waals surface area contributed by atoms with E-state index in [1.165, 1.54) is 17.3 Å². The van der Waals surface area contributed by atoms with Crippen LogP contribution in [0, 0.1) is 16.2 Å². The molecule has 8 nitrogen and oxygen atoms in total. The molecule has 1 aliphatic rings. The van der Waals surface area contributed by atoms with Crippen LogP contribution in [-0.2, 0) is 9.59 Å². The molecule has 0 bridgehead atoms. The number of carbonyl (C=O) groups is 3. The number of carboxylic acids is 1. The van der Waals surface area contributed by atoms with Gasteiger partial charge in [-0.1, -0.05) is 44.0 Å². The molecule has 1 fully saturated rings. The summed E-state index contributed by atoms with van der Waals surface area (Å²) in [6, 6.07) is -0.00250. The molecule has 1 aromatic heterocycles. The molecule has 1 amide bonds. The first-order valence-corrected chi connectivity index (χ1v) is 12.3. The van der Waals surface area contributed by atoms with Gasteiger partial charge in [-0.05, 0) is 44.9 Å². The van der Waals surface area contributed by atoms with Crippen molar-refractivity contribution in [2.75, 3.05) is 13.1 Å². The van der Waals surface area contributed by atoms with Gasteiger partial charge in [0.1, 0.15) is 0 Å². The number of amides is 1. The number of nitrogens with one attached hydrogen (secondary N) is 2. The maximum atomic E-state index is 13.5. The zero-order valence-electron chi connectivity index (χ0n) is 20.9. The largest absolute Gasteiger partial charge is 0.481 e. The van der Waals surface area contributed by atoms with E-state index < -0.39 is 23.1 Å². The van der Waals surface area contributed by atoms with E-state index in [1.54, 1.807) is 13.8 Å². The Morgan fingerprint density at radius 3 is 2.23 bits per heavy atom. The Balaban J connectivity index is 2.26. The van der Waals surface area contributed by atoms with E-state index in [-0.39, 0.29) is 45.7 Å². The SMILES string of the molecule is C/C(N[C@H]1CC[C@](C)(C(=O)O)CC1)=C(/C=N)C(=O)N(CC(=O)c1c(Cl)cncc1Cl)CC(C)(C)C. The van der Waals surface area contributed by atoms with E-state index >= 15 is 0 Å². The topological polar surface area (TPSA) is 123 Å². The highest BCUT2D eigenvalue weighted by Gasteiger charge is 2.37. The summed E-state index contributed by atoms with van der Waals surface area (Å²) in [7, 11) is 0. The second-order valence-corrected chi connectivity index (χ2v) is 11.4. The van der Waals surface area contributed by atoms with Crippen molar-refractivity contribution in [3.8, 4) is 0 Å². The number of rotatable bonds is 9. The zero-order chi connectivity index (χ0) is 26.6. The number of ketones is 1. The number of hydrogen-bond donors (Lipinski definition) is 3. The summed E-state index contributed by atoms with van der Waals surface area (Å²) in [5.41, 5.74) is -0.300. The van der Waals surface area contributed by atoms with Gasteiger partial charge in [-0.3, -0.25) is 19.4 Å². The third-order valence-electron chi connectivity index (χ3n) is 6.22. The summed E-state index contributed by atoms with van der Waals surface area (Å²) in [5.74, 6) is -1.67. The molecule has 192 valence electrons. The van der Waals surface area contributed by atoms with E-state index in [2.05, 4.69) is 10.3 Å². The minimum absolute atomic E-state index is 0.00250. The summed E-state index contributed by atoms with van der Waals surface area (Å²) in [6.07, 6.45) is 5.98. The van der Waals surface area contributed by atoms with Crippen LogP contribution in [0.15, 0.2) is 23.7 Å². The summed E-state index contributed by atoms with van der Waals surface area (Å²) in [6.45, 7) is 9.33. The van der Waals surface area contributed by atoms with Crippen LogP contribution in [0.1, 0.15) is 70.7 Å². The molecule has 0 aliphatic heterocycles. The average Bonchev–Trinajstić information content (AvgIpc) is 2.74. The van der Waals surface area contributed by atoms with Crippen LogP contribution in [0.5, 0.6) is 0 Å². The van der Waals surface area contributed by atoms with Crippen LogP contribution in [0.3, 0.4) is 0 Å². The van der Waals surface area contributed by atoms with Crippen molar-refractivity contribution in [3.63, 3.8) is 0 Å². The third kappa shape index (κ3) is 7.51. The number of aliphatic carboxylic acids is 1. The first kappa shape index (κ1) is 28.8. The molecule has 10 heteroatoms. The lowest BCUT2D eigenvalue weighted by molar-refractivity contribution is -0.150. The van der Waals surface area contributed by atoms with Crippen LogP contribution >= 0.6 is 23.2 Å². The van der Waals surface area contributed by atoms with E-state index in [1.807, 2.05) is 20.8 Å². The highest BCUT2D eigenvalue weighted by Crippen LogP contribution is 2.36. The average molecular weight is 525 g/mol. The van der Waals surface area contributed by atoms with Gasteiger partial charge in [-0.25, -0.2) is 0 Å². The Morgan fingerprint density at radius 2 is 1.77 bits per heavy atom. The molecular weight excluding hydrogens is 491 g/mol. The number of allylic oxidation sites excluding steroid dienone is 1. The number of Topliss-reactive ketones (excluding diaryl/α,β-unsaturated/α-hetero) is 1. The second kappa shape index (κ2) is 11.5. The van der Waals surface area contributed by atoms with E-state index in [9.17, 15) is 19.5 Å². The fourth-order valence-electron chi connectivity index (χ4n) is 4.20. The molecule has 0 unspecified atom stereocenters. The molecular formula is C25H34Cl2N4O4. The fourth-order valence-corrected chi connectivity index (χ4v) is 4.78. The highest BCUT2D eigenvalue weighted by molar-refractivity contribution is 6.39. The number of pyridine rings is 1. The minimum atomic E-state index is -0.796. The quantitative estimate of drug-likeness (QED) is 0.237. The molecule has 0 radical (unpaired) electrons. The van der Waals surface area contributed by atoms with Gasteiger partial charge in [-0.15, -0.1) is 0 Å². The number of halogens is 2. The summed E-state index contributed by atoms with van der Waals surface area (Å²) >= 11 is 12.3. The summed E-state index contributed by atoms with van der Waals surface area (Å²) in [4.78, 5) is 43.4. The Kier molecular flexibility index (Phi) is 9.48. The second-order valence-electron chi connectivity index (χ2n) is 10.6. The lowest BCUT2D eigenvalue weighted by atomic mass is 9.74. The molecule has 35 heavy (non-hydrogen) atoms. The summed E-state index contributed by atoms with van der Waals surface area (Å²) in [5, 5.41) is 20.9. The van der Waals surface area contributed by atoms with Gasteiger partial charge in [-0.2, -0.15) is 0 Å². The van der Waals surface area contributed by atoms with Crippen LogP contribution in [0.25, 0.3) is 0 Å². The predicted octanol–water partition coefficient (Wildman–Crippen LogP) is 4.99. The van der Waals surface area contributed by atoms with Gasteiger partial charge >= 0.3 is 5.97 Å². The molecule has 2 rings (SSSR count). The van der Waals surface area contributed by atoms with Crippen molar-refractivity contribution in [2.24, 2.45) is 10.8 Å². The van der Waals surface area contributed by atoms with Gasteiger partial charge in [0.2, 0.25) is 0 Å². The molecule has 0 saturated heterocycles. The summed E-state index contributed by atoms with van der Waals surface area (Å²) < 4.78 is 0. The van der Waals surface area contributed by atoms with Crippen molar-refractivity contribution >= 4 is 47.1 Å². The standard InChI is InChI=1S/C25H34Cl2N4O4/c1-15(30-16-6-8-25(5,9-7-16)23(34)35)17(10-28)22(33)31(14-24(2,3)4)13-20(32)21-18(26)11-29-12-19(21)27/h10-12,16,28,30H,6-9,13-14H2,1-5H3,(H,34,35)/b17-15+,28-10?/t16-,25-. The van der Waals surface area contributed by atoms with Crippen LogP contribution in [-0.4, -0.2) is 58.0 Å². The number of hydrogen-bond acceptors (Lipinski definition) is 6.